The highest BCUT2D eigenvalue weighted by molar-refractivity contribution is 6.39. The fraction of sp³-hybridized carbons (Fsp3) is 0.704. The van der Waals surface area contributed by atoms with Crippen LogP contribution in [0.2, 0.25) is 0 Å². The Labute approximate surface area is 408 Å². The summed E-state index contributed by atoms with van der Waals surface area (Å²) in [7, 11) is 4.75. The van der Waals surface area contributed by atoms with Gasteiger partial charge in [-0.2, -0.15) is 0 Å². The number of carbonyl (C=O) groups is 4. The number of allylic oxidation sites excluding steroid dienone is 3. The number of aromatic nitrogens is 1. The lowest BCUT2D eigenvalue weighted by Gasteiger charge is -2.47. The molecule has 69 heavy (non-hydrogen) atoms. The van der Waals surface area contributed by atoms with E-state index in [0.717, 1.165) is 28.6 Å². The van der Waals surface area contributed by atoms with Crippen LogP contribution in [0.15, 0.2) is 53.8 Å². The van der Waals surface area contributed by atoms with Gasteiger partial charge in [-0.3, -0.25) is 14.4 Å². The molecule has 2 aromatic rings. The number of fused-ring (bicyclic) bond motifs is 4. The minimum Gasteiger partial charge on any atom is -0.488 e. The number of aliphatic hydroxyl groups is 3. The lowest BCUT2D eigenvalue weighted by molar-refractivity contribution is -0.302. The van der Waals surface area contributed by atoms with Crippen LogP contribution in [0.5, 0.6) is 5.75 Å². The molecule has 4 aliphatic rings. The van der Waals surface area contributed by atoms with Crippen LogP contribution in [-0.4, -0.2) is 137 Å². The Kier molecular flexibility index (Phi) is 19.3. The van der Waals surface area contributed by atoms with Gasteiger partial charge in [0.25, 0.3) is 11.7 Å². The summed E-state index contributed by atoms with van der Waals surface area (Å²) in [6.07, 6.45) is 7.02. The van der Waals surface area contributed by atoms with Gasteiger partial charge in [0.2, 0.25) is 5.79 Å². The highest BCUT2D eigenvalue weighted by Crippen LogP contribution is 2.40. The fourth-order valence-corrected chi connectivity index (χ4v) is 11.4. The molecule has 0 spiro atoms. The number of esters is 1. The summed E-state index contributed by atoms with van der Waals surface area (Å²) < 4.78 is 39.2. The number of methoxy groups -OCH3 is 3. The Bertz CT molecular complexity index is 2130. The molecular formula is C54H80N2O13. The number of rotatable bonds is 11. The molecule has 4 heterocycles. The normalized spacial score (nSPS) is 35.2. The first-order valence-electron chi connectivity index (χ1n) is 25.4. The van der Waals surface area contributed by atoms with Gasteiger partial charge in [0.05, 0.1) is 29.9 Å². The molecule has 14 unspecified atom stereocenters. The SMILES string of the molecule is CCC1C=C(C)CC(C)CC(OC)C2OC(O)(C(=O)C(=O)N3CCCCC3C(=O)OC(C(C)=CC3CCC(Oc4ccc5ccn(CCCO)c5c4)C(OC)C3)C(C)C(O)CC1=O)C(C)CC2OC. The zero-order valence-corrected chi connectivity index (χ0v) is 42.5. The third-order valence-electron chi connectivity index (χ3n) is 15.5. The molecule has 2 bridgehead atoms. The Hall–Kier alpha value is -3.96. The summed E-state index contributed by atoms with van der Waals surface area (Å²) in [5.74, 6) is -6.86. The van der Waals surface area contributed by atoms with E-state index in [1.807, 2.05) is 57.3 Å². The summed E-state index contributed by atoms with van der Waals surface area (Å²) in [6.45, 7) is 12.1. The van der Waals surface area contributed by atoms with E-state index < -0.39 is 77.8 Å². The van der Waals surface area contributed by atoms with Crippen molar-refractivity contribution in [2.45, 2.75) is 180 Å². The fourth-order valence-electron chi connectivity index (χ4n) is 11.4. The molecule has 15 nitrogen and oxygen atoms in total. The molecule has 14 atom stereocenters. The highest BCUT2D eigenvalue weighted by atomic mass is 16.7. The number of cyclic esters (lactones) is 1. The van der Waals surface area contributed by atoms with Crippen molar-refractivity contribution in [1.29, 1.82) is 0 Å². The summed E-state index contributed by atoms with van der Waals surface area (Å²) in [5, 5.41) is 34.5. The lowest BCUT2D eigenvalue weighted by Crippen LogP contribution is -2.64. The number of amides is 1. The van der Waals surface area contributed by atoms with Crippen molar-refractivity contribution in [3.8, 4) is 5.75 Å². The number of benzene rings is 1. The van der Waals surface area contributed by atoms with E-state index in [9.17, 15) is 34.5 Å². The van der Waals surface area contributed by atoms with Gasteiger partial charge in [-0.25, -0.2) is 4.79 Å². The molecule has 3 fully saturated rings. The molecule has 384 valence electrons. The Morgan fingerprint density at radius 3 is 2.33 bits per heavy atom. The van der Waals surface area contributed by atoms with Crippen LogP contribution in [0.4, 0.5) is 0 Å². The van der Waals surface area contributed by atoms with E-state index in [0.29, 0.717) is 63.5 Å². The number of carbonyl (C=O) groups excluding carboxylic acids is 4. The maximum atomic E-state index is 14.6. The topological polar surface area (TPSA) is 193 Å². The number of nitrogens with zero attached hydrogens (tertiary/aromatic N) is 2. The number of aliphatic hydroxyl groups excluding tert-OH is 2. The second kappa shape index (κ2) is 24.4. The van der Waals surface area contributed by atoms with Crippen LogP contribution in [0.25, 0.3) is 10.9 Å². The van der Waals surface area contributed by atoms with Crippen LogP contribution >= 0.6 is 0 Å². The number of hydrogen-bond acceptors (Lipinski definition) is 13. The van der Waals surface area contributed by atoms with Crippen molar-refractivity contribution < 1.29 is 62.9 Å². The van der Waals surface area contributed by atoms with Crippen molar-refractivity contribution >= 4 is 34.3 Å². The van der Waals surface area contributed by atoms with Crippen molar-refractivity contribution in [1.82, 2.24) is 9.47 Å². The number of hydrogen-bond donors (Lipinski definition) is 3. The third-order valence-corrected chi connectivity index (χ3v) is 15.5. The van der Waals surface area contributed by atoms with Gasteiger partial charge in [0, 0.05) is 77.5 Å². The smallest absolute Gasteiger partial charge is 0.329 e. The quantitative estimate of drug-likeness (QED) is 0.120. The lowest BCUT2D eigenvalue weighted by atomic mass is 9.81. The van der Waals surface area contributed by atoms with Gasteiger partial charge in [-0.05, 0) is 125 Å². The number of piperidine rings is 1. The standard InChI is InChI=1S/C54H80N2O13/c1-10-38-25-32(2)24-33(3)26-47(65-8)50-48(66-9)28-35(5)54(63,69-50)51(60)52(61)56-21-12-11-14-41(56)53(62)68-49(36(6)43(58)31-44(38)59)34(4)27-37-15-18-45(46(29-37)64-7)67-40-17-16-39-19-22-55(20-13-23-57)42(39)30-40/h16-17,19,22,25,27,30,33,35-38,41,43,45-50,57-58,63H,10-15,18,20-21,23-24,26,28-29,31H2,1-9H3. The molecule has 0 radical (unpaired) electrons. The second-order valence-electron chi connectivity index (χ2n) is 20.6. The van der Waals surface area contributed by atoms with Crippen LogP contribution in [0.3, 0.4) is 0 Å². The van der Waals surface area contributed by atoms with Crippen LogP contribution in [0.1, 0.15) is 119 Å². The Morgan fingerprint density at radius 2 is 1.64 bits per heavy atom. The monoisotopic (exact) mass is 965 g/mol. The molecule has 15 heteroatoms. The first-order valence-corrected chi connectivity index (χ1v) is 25.4. The number of aryl methyl sites for hydroxylation is 1. The van der Waals surface area contributed by atoms with Crippen molar-refractivity contribution in [3.63, 3.8) is 0 Å². The molecule has 1 aliphatic carbocycles. The summed E-state index contributed by atoms with van der Waals surface area (Å²) in [4.78, 5) is 58.6. The van der Waals surface area contributed by atoms with Crippen molar-refractivity contribution in [2.24, 2.45) is 29.6 Å². The summed E-state index contributed by atoms with van der Waals surface area (Å²) >= 11 is 0. The van der Waals surface area contributed by atoms with E-state index in [1.165, 1.54) is 19.1 Å². The largest absolute Gasteiger partial charge is 0.488 e. The van der Waals surface area contributed by atoms with Gasteiger partial charge < -0.3 is 53.2 Å². The molecule has 1 aromatic carbocycles. The zero-order chi connectivity index (χ0) is 50.2. The number of Topliss-reactive ketones (excluding diaryl/α,β-unsaturated/α-hetero) is 2. The van der Waals surface area contributed by atoms with Crippen LogP contribution < -0.4 is 4.74 Å². The highest BCUT2D eigenvalue weighted by Gasteiger charge is 2.56. The molecule has 2 saturated heterocycles. The average molecular weight is 965 g/mol. The van der Waals surface area contributed by atoms with Gasteiger partial charge in [-0.15, -0.1) is 0 Å². The number of ketones is 2. The van der Waals surface area contributed by atoms with Gasteiger partial charge >= 0.3 is 5.97 Å². The molecule has 1 saturated carbocycles. The van der Waals surface area contributed by atoms with Crippen LogP contribution in [-0.2, 0) is 49.4 Å². The molecule has 3 aliphatic heterocycles. The van der Waals surface area contributed by atoms with E-state index >= 15 is 0 Å². The minimum absolute atomic E-state index is 0.00868. The second-order valence-corrected chi connectivity index (χ2v) is 20.6. The average Bonchev–Trinajstić information content (AvgIpc) is 3.75. The van der Waals surface area contributed by atoms with Crippen LogP contribution in [0, 0.1) is 29.6 Å². The van der Waals surface area contributed by atoms with Gasteiger partial charge in [-0.1, -0.05) is 45.4 Å². The first kappa shape index (κ1) is 54.4. The van der Waals surface area contributed by atoms with E-state index in [2.05, 4.69) is 17.6 Å². The number of ether oxygens (including phenoxy) is 6. The first-order chi connectivity index (χ1) is 33.0. The van der Waals surface area contributed by atoms with Gasteiger partial charge in [0.15, 0.2) is 0 Å². The van der Waals surface area contributed by atoms with Crippen molar-refractivity contribution in [3.05, 3.63) is 53.8 Å². The maximum Gasteiger partial charge on any atom is 0.329 e. The molecule has 1 amide bonds. The minimum atomic E-state index is -2.52. The molecule has 1 aromatic heterocycles. The van der Waals surface area contributed by atoms with E-state index in [4.69, 9.17) is 28.4 Å². The van der Waals surface area contributed by atoms with E-state index in [-0.39, 0.29) is 62.2 Å². The molecule has 3 N–H and O–H groups in total. The molecule has 6 rings (SSSR count). The maximum absolute atomic E-state index is 14.6. The third kappa shape index (κ3) is 12.8. The predicted molar refractivity (Wildman–Crippen MR) is 260 cm³/mol. The Balaban J connectivity index is 1.29. The summed E-state index contributed by atoms with van der Waals surface area (Å²) in [5.41, 5.74) is 2.70. The van der Waals surface area contributed by atoms with Gasteiger partial charge in [0.1, 0.15) is 35.9 Å². The predicted octanol–water partition coefficient (Wildman–Crippen LogP) is 6.90. The van der Waals surface area contributed by atoms with E-state index in [1.54, 1.807) is 21.0 Å². The van der Waals surface area contributed by atoms with Crippen molar-refractivity contribution in [2.75, 3.05) is 34.5 Å². The zero-order valence-electron chi connectivity index (χ0n) is 42.5. The summed E-state index contributed by atoms with van der Waals surface area (Å²) in [6, 6.07) is 6.92. The molecular weight excluding hydrogens is 885 g/mol. The Morgan fingerprint density at radius 1 is 0.913 bits per heavy atom.